The van der Waals surface area contributed by atoms with Crippen LogP contribution in [0.4, 0.5) is 21.6 Å². The highest BCUT2D eigenvalue weighted by atomic mass is 19.1. The third-order valence-electron chi connectivity index (χ3n) is 8.01. The molecule has 2 aromatic carbocycles. The van der Waals surface area contributed by atoms with Gasteiger partial charge in [-0.2, -0.15) is 5.26 Å². The number of nitrogens with zero attached hydrogens (tertiary/aromatic N) is 5. The Morgan fingerprint density at radius 3 is 2.58 bits per heavy atom. The van der Waals surface area contributed by atoms with Crippen LogP contribution in [0, 0.1) is 31.0 Å². The van der Waals surface area contributed by atoms with Crippen LogP contribution in [-0.4, -0.2) is 72.3 Å². The molecule has 2 aliphatic rings. The molecule has 1 aromatic heterocycles. The number of rotatable bonds is 6. The number of nitrogens with one attached hydrogen (secondary N) is 1. The Morgan fingerprint density at radius 1 is 1.10 bits per heavy atom. The lowest BCUT2D eigenvalue weighted by molar-refractivity contribution is 0.0698. The van der Waals surface area contributed by atoms with Gasteiger partial charge in [-0.05, 0) is 68.1 Å². The minimum absolute atomic E-state index is 0.0614. The van der Waals surface area contributed by atoms with Gasteiger partial charge < -0.3 is 25.1 Å². The minimum Gasteiger partial charge on any atom is -0.394 e. The molecule has 40 heavy (non-hydrogen) atoms. The fourth-order valence-electron chi connectivity index (χ4n) is 5.77. The summed E-state index contributed by atoms with van der Waals surface area (Å²) < 4.78 is 13.3. The topological polar surface area (TPSA) is 95.7 Å². The van der Waals surface area contributed by atoms with Crippen LogP contribution >= 0.6 is 0 Å². The third kappa shape index (κ3) is 5.73. The number of piperazine rings is 1. The number of hydrogen-bond donors (Lipinski definition) is 2. The number of carbonyl (C=O) groups is 1. The zero-order valence-corrected chi connectivity index (χ0v) is 23.0. The van der Waals surface area contributed by atoms with Crippen LogP contribution in [0.5, 0.6) is 0 Å². The van der Waals surface area contributed by atoms with E-state index in [2.05, 4.69) is 34.3 Å². The fourth-order valence-corrected chi connectivity index (χ4v) is 5.77. The van der Waals surface area contributed by atoms with Gasteiger partial charge in [-0.3, -0.25) is 4.79 Å². The number of halogens is 1. The van der Waals surface area contributed by atoms with Gasteiger partial charge in [0.2, 0.25) is 0 Å². The molecule has 1 atom stereocenters. The zero-order valence-electron chi connectivity index (χ0n) is 23.0. The lowest BCUT2D eigenvalue weighted by Crippen LogP contribution is -2.56. The molecule has 3 heterocycles. The highest BCUT2D eigenvalue weighted by Crippen LogP contribution is 2.28. The molecule has 0 aliphatic carbocycles. The molecular formula is C31H35FN6O2. The molecule has 1 amide bonds. The molecule has 9 heteroatoms. The van der Waals surface area contributed by atoms with Crippen LogP contribution < -0.4 is 15.1 Å². The second-order valence-electron chi connectivity index (χ2n) is 10.6. The van der Waals surface area contributed by atoms with E-state index in [-0.39, 0.29) is 24.6 Å². The number of para-hydroxylation sites is 1. The van der Waals surface area contributed by atoms with E-state index in [1.165, 1.54) is 12.3 Å². The SMILES string of the molecule is Cc1cc(C)c(C(=O)N2CCN(c3ccc(F)cn3)C(CO)C2)cc1NC1CCN(c2ccccc2C#N)CC1. The minimum atomic E-state index is -0.410. The Morgan fingerprint density at radius 2 is 1.88 bits per heavy atom. The molecule has 2 aliphatic heterocycles. The molecular weight excluding hydrogens is 507 g/mol. The number of aliphatic hydroxyl groups excluding tert-OH is 1. The fraction of sp³-hybridized carbons (Fsp3) is 0.387. The molecule has 2 N–H and O–H groups in total. The first kappa shape index (κ1) is 27.4. The van der Waals surface area contributed by atoms with Crippen LogP contribution in [0.2, 0.25) is 0 Å². The van der Waals surface area contributed by atoms with Gasteiger partial charge in [-0.1, -0.05) is 18.2 Å². The van der Waals surface area contributed by atoms with Gasteiger partial charge >= 0.3 is 0 Å². The highest BCUT2D eigenvalue weighted by molar-refractivity contribution is 5.97. The molecule has 2 saturated heterocycles. The average molecular weight is 543 g/mol. The van der Waals surface area contributed by atoms with Gasteiger partial charge in [0.05, 0.1) is 30.1 Å². The van der Waals surface area contributed by atoms with Crippen molar-refractivity contribution in [2.45, 2.75) is 38.8 Å². The molecule has 2 fully saturated rings. The summed E-state index contributed by atoms with van der Waals surface area (Å²) in [6.07, 6.45) is 3.02. The van der Waals surface area contributed by atoms with Crippen LogP contribution in [0.3, 0.4) is 0 Å². The normalized spacial score (nSPS) is 18.0. The van der Waals surface area contributed by atoms with E-state index in [1.54, 1.807) is 11.0 Å². The maximum atomic E-state index is 13.7. The van der Waals surface area contributed by atoms with E-state index in [0.717, 1.165) is 48.4 Å². The monoisotopic (exact) mass is 542 g/mol. The highest BCUT2D eigenvalue weighted by Gasteiger charge is 2.31. The summed E-state index contributed by atoms with van der Waals surface area (Å²) in [6, 6.07) is 16.9. The first-order valence-corrected chi connectivity index (χ1v) is 13.8. The number of pyridine rings is 1. The van der Waals surface area contributed by atoms with Crippen molar-refractivity contribution in [3.05, 3.63) is 82.8 Å². The quantitative estimate of drug-likeness (QED) is 0.484. The van der Waals surface area contributed by atoms with Gasteiger partial charge in [0.15, 0.2) is 0 Å². The summed E-state index contributed by atoms with van der Waals surface area (Å²) in [5, 5.41) is 23.2. The third-order valence-corrected chi connectivity index (χ3v) is 8.01. The molecule has 3 aromatic rings. The molecule has 8 nitrogen and oxygen atoms in total. The zero-order chi connectivity index (χ0) is 28.2. The van der Waals surface area contributed by atoms with Gasteiger partial charge in [0.1, 0.15) is 17.7 Å². The largest absolute Gasteiger partial charge is 0.394 e. The van der Waals surface area contributed by atoms with Crippen molar-refractivity contribution in [2.75, 3.05) is 54.4 Å². The summed E-state index contributed by atoms with van der Waals surface area (Å²) in [5.41, 5.74) is 5.30. The second kappa shape index (κ2) is 11.9. The lowest BCUT2D eigenvalue weighted by Gasteiger charge is -2.41. The Bertz CT molecular complexity index is 1400. The maximum absolute atomic E-state index is 13.7. The Hall–Kier alpha value is -4.16. The summed E-state index contributed by atoms with van der Waals surface area (Å²) >= 11 is 0. The number of nitriles is 1. The standard InChI is InChI=1S/C31H35FN6O2/c1-21-15-22(2)28(35-25-9-11-36(12-10-25)29-6-4-3-5-23(29)17-33)16-27(21)31(40)37-13-14-38(26(19-37)20-39)30-8-7-24(32)18-34-30/h3-8,15-16,18,25-26,35,39H,9-14,19-20H2,1-2H3. The first-order valence-electron chi connectivity index (χ1n) is 13.8. The number of aliphatic hydroxyl groups is 1. The van der Waals surface area contributed by atoms with E-state index < -0.39 is 5.82 Å². The summed E-state index contributed by atoms with van der Waals surface area (Å²) in [7, 11) is 0. The Balaban J connectivity index is 1.25. The van der Waals surface area contributed by atoms with E-state index in [1.807, 2.05) is 42.2 Å². The summed E-state index contributed by atoms with van der Waals surface area (Å²) in [4.78, 5) is 23.8. The van der Waals surface area contributed by atoms with Crippen molar-refractivity contribution in [2.24, 2.45) is 0 Å². The summed E-state index contributed by atoms with van der Waals surface area (Å²) in [5.74, 6) is 0.119. The molecule has 0 saturated carbocycles. The van der Waals surface area contributed by atoms with E-state index in [0.29, 0.717) is 36.6 Å². The number of piperidine rings is 1. The van der Waals surface area contributed by atoms with Crippen molar-refractivity contribution in [3.63, 3.8) is 0 Å². The predicted octanol–water partition coefficient (Wildman–Crippen LogP) is 4.11. The Kier molecular flexibility index (Phi) is 8.17. The summed E-state index contributed by atoms with van der Waals surface area (Å²) in [6.45, 7) is 6.90. The van der Waals surface area contributed by atoms with Crippen molar-refractivity contribution >= 4 is 23.1 Å². The number of anilines is 3. The molecule has 0 radical (unpaired) electrons. The molecule has 1 unspecified atom stereocenters. The lowest BCUT2D eigenvalue weighted by atomic mass is 9.99. The molecule has 208 valence electrons. The first-order chi connectivity index (χ1) is 19.4. The van der Waals surface area contributed by atoms with Crippen LogP contribution in [0.15, 0.2) is 54.7 Å². The predicted molar refractivity (Wildman–Crippen MR) is 154 cm³/mol. The van der Waals surface area contributed by atoms with Crippen LogP contribution in [-0.2, 0) is 0 Å². The van der Waals surface area contributed by atoms with Crippen LogP contribution in [0.25, 0.3) is 0 Å². The van der Waals surface area contributed by atoms with E-state index >= 15 is 0 Å². The van der Waals surface area contributed by atoms with Crippen LogP contribution in [0.1, 0.15) is 39.9 Å². The van der Waals surface area contributed by atoms with Gasteiger partial charge in [0, 0.05) is 50.0 Å². The van der Waals surface area contributed by atoms with Gasteiger partial charge in [-0.25, -0.2) is 9.37 Å². The smallest absolute Gasteiger partial charge is 0.254 e. The number of aromatic nitrogens is 1. The second-order valence-corrected chi connectivity index (χ2v) is 10.6. The van der Waals surface area contributed by atoms with E-state index in [4.69, 9.17) is 0 Å². The number of hydrogen-bond acceptors (Lipinski definition) is 7. The van der Waals surface area contributed by atoms with Gasteiger partial charge in [-0.15, -0.1) is 0 Å². The number of aryl methyl sites for hydroxylation is 2. The Labute approximate surface area is 234 Å². The number of carbonyl (C=O) groups excluding carboxylic acids is 1. The molecule has 0 spiro atoms. The van der Waals surface area contributed by atoms with Crippen molar-refractivity contribution in [3.8, 4) is 6.07 Å². The average Bonchev–Trinajstić information content (AvgIpc) is 2.98. The van der Waals surface area contributed by atoms with Crippen molar-refractivity contribution in [1.29, 1.82) is 5.26 Å². The van der Waals surface area contributed by atoms with Crippen molar-refractivity contribution in [1.82, 2.24) is 9.88 Å². The number of amides is 1. The molecule has 0 bridgehead atoms. The van der Waals surface area contributed by atoms with Crippen molar-refractivity contribution < 1.29 is 14.3 Å². The number of benzene rings is 2. The van der Waals surface area contributed by atoms with Gasteiger partial charge in [0.25, 0.3) is 5.91 Å². The molecule has 5 rings (SSSR count). The van der Waals surface area contributed by atoms with E-state index in [9.17, 15) is 19.6 Å². The maximum Gasteiger partial charge on any atom is 0.254 e.